The minimum atomic E-state index is -0.687. The summed E-state index contributed by atoms with van der Waals surface area (Å²) in [5.74, 6) is 0. The van der Waals surface area contributed by atoms with Crippen LogP contribution in [0, 0.1) is 0 Å². The number of ether oxygens (including phenoxy) is 1. The molecule has 0 aliphatic heterocycles. The second kappa shape index (κ2) is 3.74. The van der Waals surface area contributed by atoms with Gasteiger partial charge in [-0.1, -0.05) is 5.11 Å². The van der Waals surface area contributed by atoms with Crippen LogP contribution in [0.25, 0.3) is 10.4 Å². The fourth-order valence-electron chi connectivity index (χ4n) is 0.369. The molecule has 0 saturated heterocycles. The van der Waals surface area contributed by atoms with Crippen LogP contribution in [-0.2, 0) is 9.53 Å². The Labute approximate surface area is 58.6 Å². The molecule has 0 rings (SSSR count). The average Bonchev–Trinajstić information content (AvgIpc) is 1.84. The molecule has 0 bridgehead atoms. The molecule has 0 spiro atoms. The van der Waals surface area contributed by atoms with Crippen molar-refractivity contribution in [1.82, 2.24) is 0 Å². The molecule has 0 N–H and O–H groups in total. The van der Waals surface area contributed by atoms with Gasteiger partial charge in [0.1, 0.15) is 5.60 Å². The van der Waals surface area contributed by atoms with E-state index in [0.717, 1.165) is 0 Å². The van der Waals surface area contributed by atoms with Crippen molar-refractivity contribution >= 4 is 6.47 Å². The summed E-state index contributed by atoms with van der Waals surface area (Å²) in [5, 5.41) is 3.26. The van der Waals surface area contributed by atoms with Gasteiger partial charge in [-0.2, -0.15) is 0 Å². The quantitative estimate of drug-likeness (QED) is 0.257. The zero-order chi connectivity index (χ0) is 8.04. The Morgan fingerprint density at radius 3 is 2.80 bits per heavy atom. The van der Waals surface area contributed by atoms with Gasteiger partial charge in [-0.25, -0.2) is 0 Å². The second-order valence-electron chi connectivity index (χ2n) is 2.36. The third-order valence-corrected chi connectivity index (χ3v) is 0.882. The lowest BCUT2D eigenvalue weighted by Gasteiger charge is -2.18. The van der Waals surface area contributed by atoms with E-state index in [9.17, 15) is 4.79 Å². The van der Waals surface area contributed by atoms with Gasteiger partial charge in [-0.3, -0.25) is 4.79 Å². The highest BCUT2D eigenvalue weighted by Crippen LogP contribution is 2.06. The summed E-state index contributed by atoms with van der Waals surface area (Å²) < 4.78 is 4.59. The lowest BCUT2D eigenvalue weighted by atomic mass is 10.1. The summed E-state index contributed by atoms with van der Waals surface area (Å²) >= 11 is 0. The molecule has 5 nitrogen and oxygen atoms in total. The summed E-state index contributed by atoms with van der Waals surface area (Å²) in [5.41, 5.74) is 7.23. The summed E-state index contributed by atoms with van der Waals surface area (Å²) in [7, 11) is 0. The lowest BCUT2D eigenvalue weighted by molar-refractivity contribution is -0.139. The van der Waals surface area contributed by atoms with Gasteiger partial charge in [0.05, 0.1) is 6.54 Å². The number of hydrogen-bond donors (Lipinski definition) is 0. The van der Waals surface area contributed by atoms with E-state index in [2.05, 4.69) is 14.8 Å². The summed E-state index contributed by atoms with van der Waals surface area (Å²) in [6.07, 6.45) is 0. The number of rotatable bonds is 4. The molecule has 0 aliphatic rings. The molecule has 0 amide bonds. The predicted octanol–water partition coefficient (Wildman–Crippen LogP) is 1.25. The molecule has 0 saturated carbocycles. The highest BCUT2D eigenvalue weighted by molar-refractivity contribution is 5.38. The predicted molar refractivity (Wildman–Crippen MR) is 35.2 cm³/mol. The molecule has 10 heavy (non-hydrogen) atoms. The van der Waals surface area contributed by atoms with Crippen LogP contribution in [0.3, 0.4) is 0 Å². The number of azide groups is 1. The Kier molecular flexibility index (Phi) is 3.28. The normalized spacial score (nSPS) is 9.80. The largest absolute Gasteiger partial charge is 0.462 e. The SMILES string of the molecule is CC(C)(CN=[N+]=[N-])OC=O. The van der Waals surface area contributed by atoms with Crippen LogP contribution in [0.15, 0.2) is 5.11 Å². The van der Waals surface area contributed by atoms with Gasteiger partial charge in [0.25, 0.3) is 6.47 Å². The zero-order valence-electron chi connectivity index (χ0n) is 5.94. The highest BCUT2D eigenvalue weighted by atomic mass is 16.5. The third kappa shape index (κ3) is 3.74. The molecule has 0 radical (unpaired) electrons. The maximum absolute atomic E-state index is 9.83. The van der Waals surface area contributed by atoms with Crippen LogP contribution in [0.4, 0.5) is 0 Å². The van der Waals surface area contributed by atoms with E-state index in [1.54, 1.807) is 13.8 Å². The van der Waals surface area contributed by atoms with Crippen LogP contribution in [0.2, 0.25) is 0 Å². The number of carbonyl (C=O) groups excluding carboxylic acids is 1. The van der Waals surface area contributed by atoms with Crippen molar-refractivity contribution < 1.29 is 9.53 Å². The molecule has 5 heteroatoms. The van der Waals surface area contributed by atoms with Gasteiger partial charge >= 0.3 is 0 Å². The first kappa shape index (κ1) is 8.78. The molecular weight excluding hydrogens is 134 g/mol. The van der Waals surface area contributed by atoms with Crippen molar-refractivity contribution in [1.29, 1.82) is 0 Å². The number of nitrogens with zero attached hydrogens (tertiary/aromatic N) is 3. The molecule has 56 valence electrons. The fourth-order valence-corrected chi connectivity index (χ4v) is 0.369. The number of hydrogen-bond acceptors (Lipinski definition) is 3. The highest BCUT2D eigenvalue weighted by Gasteiger charge is 2.16. The van der Waals surface area contributed by atoms with E-state index >= 15 is 0 Å². The summed E-state index contributed by atoms with van der Waals surface area (Å²) in [6, 6.07) is 0. The van der Waals surface area contributed by atoms with Crippen LogP contribution >= 0.6 is 0 Å². The Bertz CT molecular complexity index is 160. The Balaban J connectivity index is 3.84. The fraction of sp³-hybridized carbons (Fsp3) is 0.800. The van der Waals surface area contributed by atoms with Gasteiger partial charge in [0, 0.05) is 4.91 Å². The molecule has 0 aliphatic carbocycles. The molecule has 0 aromatic heterocycles. The molecule has 0 heterocycles. The molecule has 0 atom stereocenters. The van der Waals surface area contributed by atoms with E-state index in [4.69, 9.17) is 5.53 Å². The van der Waals surface area contributed by atoms with Crippen molar-refractivity contribution in [3.8, 4) is 0 Å². The molecular formula is C5H9N3O2. The van der Waals surface area contributed by atoms with Crippen molar-refractivity contribution in [2.45, 2.75) is 19.4 Å². The first-order valence-electron chi connectivity index (χ1n) is 2.75. The van der Waals surface area contributed by atoms with E-state index in [0.29, 0.717) is 6.47 Å². The Morgan fingerprint density at radius 2 is 2.40 bits per heavy atom. The van der Waals surface area contributed by atoms with Gasteiger partial charge in [-0.05, 0) is 19.4 Å². The van der Waals surface area contributed by atoms with Gasteiger partial charge in [0.2, 0.25) is 0 Å². The van der Waals surface area contributed by atoms with Gasteiger partial charge in [-0.15, -0.1) is 0 Å². The van der Waals surface area contributed by atoms with Crippen LogP contribution in [-0.4, -0.2) is 18.6 Å². The van der Waals surface area contributed by atoms with Crippen molar-refractivity contribution in [3.05, 3.63) is 10.4 Å². The smallest absolute Gasteiger partial charge is 0.293 e. The van der Waals surface area contributed by atoms with E-state index in [-0.39, 0.29) is 6.54 Å². The molecule has 0 aromatic rings. The molecule has 0 fully saturated rings. The van der Waals surface area contributed by atoms with Crippen molar-refractivity contribution in [3.63, 3.8) is 0 Å². The van der Waals surface area contributed by atoms with E-state index in [1.165, 1.54) is 0 Å². The minimum Gasteiger partial charge on any atom is -0.462 e. The Hall–Kier alpha value is -1.22. The van der Waals surface area contributed by atoms with Crippen LogP contribution < -0.4 is 0 Å². The second-order valence-corrected chi connectivity index (χ2v) is 2.36. The van der Waals surface area contributed by atoms with Crippen molar-refractivity contribution in [2.75, 3.05) is 6.54 Å². The minimum absolute atomic E-state index is 0.155. The average molecular weight is 143 g/mol. The van der Waals surface area contributed by atoms with Crippen molar-refractivity contribution in [2.24, 2.45) is 5.11 Å². The van der Waals surface area contributed by atoms with E-state index in [1.807, 2.05) is 0 Å². The Morgan fingerprint density at radius 1 is 1.80 bits per heavy atom. The van der Waals surface area contributed by atoms with Crippen LogP contribution in [0.1, 0.15) is 13.8 Å². The third-order valence-electron chi connectivity index (χ3n) is 0.882. The first-order chi connectivity index (χ1) is 4.62. The first-order valence-corrected chi connectivity index (χ1v) is 2.75. The van der Waals surface area contributed by atoms with Gasteiger partial charge < -0.3 is 4.74 Å². The molecule has 0 unspecified atom stereocenters. The summed E-state index contributed by atoms with van der Waals surface area (Å²) in [4.78, 5) is 12.4. The maximum Gasteiger partial charge on any atom is 0.293 e. The monoisotopic (exact) mass is 143 g/mol. The molecule has 0 aromatic carbocycles. The summed E-state index contributed by atoms with van der Waals surface area (Å²) in [6.45, 7) is 3.82. The van der Waals surface area contributed by atoms with Gasteiger partial charge in [0.15, 0.2) is 0 Å². The standard InChI is InChI=1S/C5H9N3O2/c1-5(2,10-4-9)3-7-8-6/h4H,3H2,1-2H3. The topological polar surface area (TPSA) is 75.1 Å². The maximum atomic E-state index is 9.83. The van der Waals surface area contributed by atoms with Crippen LogP contribution in [0.5, 0.6) is 0 Å². The number of carbonyl (C=O) groups is 1. The zero-order valence-corrected chi connectivity index (χ0v) is 5.94. The van der Waals surface area contributed by atoms with E-state index < -0.39 is 5.60 Å². The lowest BCUT2D eigenvalue weighted by Crippen LogP contribution is -2.27.